The molecule has 3 N–H and O–H groups in total. The maximum Gasteiger partial charge on any atom is 0.339 e. The van der Waals surface area contributed by atoms with Gasteiger partial charge in [-0.3, -0.25) is 0 Å². The molecule has 112 valence electrons. The molecule has 0 fully saturated rings. The maximum atomic E-state index is 11.2. The van der Waals surface area contributed by atoms with Crippen LogP contribution in [0.3, 0.4) is 0 Å². The number of benzene rings is 1. The van der Waals surface area contributed by atoms with Gasteiger partial charge in [0.25, 0.3) is 0 Å². The first kappa shape index (κ1) is 14.8. The fourth-order valence-electron chi connectivity index (χ4n) is 1.92. The summed E-state index contributed by atoms with van der Waals surface area (Å²) < 4.78 is 7.31. The van der Waals surface area contributed by atoms with E-state index < -0.39 is 5.97 Å². The van der Waals surface area contributed by atoms with Crippen LogP contribution in [0, 0.1) is 5.92 Å². The molecule has 0 saturated carbocycles. The monoisotopic (exact) mass is 290 g/mol. The van der Waals surface area contributed by atoms with E-state index in [9.17, 15) is 4.79 Å². The van der Waals surface area contributed by atoms with E-state index in [4.69, 9.17) is 15.6 Å². The second-order valence-electron chi connectivity index (χ2n) is 5.07. The molecule has 0 amide bonds. The SMILES string of the molecule is CC(C)Cn1ncnc1COc1c(N)cccc1C(=O)O. The molecule has 2 aromatic rings. The molecule has 21 heavy (non-hydrogen) atoms. The van der Waals surface area contributed by atoms with Gasteiger partial charge in [0.2, 0.25) is 0 Å². The second-order valence-corrected chi connectivity index (χ2v) is 5.07. The number of ether oxygens (including phenoxy) is 1. The van der Waals surface area contributed by atoms with Gasteiger partial charge in [0.05, 0.1) is 5.69 Å². The van der Waals surface area contributed by atoms with Crippen molar-refractivity contribution < 1.29 is 14.6 Å². The number of nitrogens with zero attached hydrogens (tertiary/aromatic N) is 3. The third kappa shape index (κ3) is 3.50. The molecule has 2 rings (SSSR count). The van der Waals surface area contributed by atoms with Gasteiger partial charge in [-0.2, -0.15) is 5.10 Å². The first-order valence-corrected chi connectivity index (χ1v) is 6.60. The van der Waals surface area contributed by atoms with Gasteiger partial charge in [0.15, 0.2) is 11.6 Å². The molecule has 1 heterocycles. The Labute approximate surface area is 122 Å². The topological polar surface area (TPSA) is 103 Å². The predicted molar refractivity (Wildman–Crippen MR) is 77.0 cm³/mol. The Kier molecular flexibility index (Phi) is 4.42. The second kappa shape index (κ2) is 6.25. The molecule has 1 aromatic carbocycles. The summed E-state index contributed by atoms with van der Waals surface area (Å²) in [6.45, 7) is 4.98. The van der Waals surface area contributed by atoms with Crippen LogP contribution in [-0.4, -0.2) is 25.8 Å². The average Bonchev–Trinajstić information content (AvgIpc) is 2.83. The van der Waals surface area contributed by atoms with Gasteiger partial charge in [0, 0.05) is 6.54 Å². The third-order valence-corrected chi connectivity index (χ3v) is 2.86. The van der Waals surface area contributed by atoms with Crippen molar-refractivity contribution in [2.45, 2.75) is 27.0 Å². The first-order valence-electron chi connectivity index (χ1n) is 6.60. The molecule has 1 aromatic heterocycles. The van der Waals surface area contributed by atoms with Crippen molar-refractivity contribution in [3.05, 3.63) is 35.9 Å². The van der Waals surface area contributed by atoms with Crippen molar-refractivity contribution in [3.8, 4) is 5.75 Å². The highest BCUT2D eigenvalue weighted by atomic mass is 16.5. The standard InChI is InChI=1S/C14H18N4O3/c1-9(2)6-18-12(16-8-17-18)7-21-13-10(14(19)20)4-3-5-11(13)15/h3-5,8-9H,6-7,15H2,1-2H3,(H,19,20). The number of aromatic carboxylic acids is 1. The summed E-state index contributed by atoms with van der Waals surface area (Å²) in [6.07, 6.45) is 1.45. The van der Waals surface area contributed by atoms with Crippen molar-refractivity contribution in [3.63, 3.8) is 0 Å². The molecule has 7 nitrogen and oxygen atoms in total. The molecule has 0 radical (unpaired) electrons. The van der Waals surface area contributed by atoms with Gasteiger partial charge < -0.3 is 15.6 Å². The van der Waals surface area contributed by atoms with Crippen molar-refractivity contribution in [2.75, 3.05) is 5.73 Å². The molecule has 7 heteroatoms. The minimum atomic E-state index is -1.08. The number of carboxylic acids is 1. The number of anilines is 1. The molecular formula is C14H18N4O3. The minimum Gasteiger partial charge on any atom is -0.483 e. The van der Waals surface area contributed by atoms with Crippen LogP contribution < -0.4 is 10.5 Å². The van der Waals surface area contributed by atoms with E-state index in [1.54, 1.807) is 16.8 Å². The molecule has 0 aliphatic heterocycles. The summed E-state index contributed by atoms with van der Waals surface area (Å²) in [5.41, 5.74) is 6.10. The van der Waals surface area contributed by atoms with E-state index in [2.05, 4.69) is 23.9 Å². The average molecular weight is 290 g/mol. The zero-order valence-electron chi connectivity index (χ0n) is 12.0. The lowest BCUT2D eigenvalue weighted by Crippen LogP contribution is -2.13. The number of hydrogen-bond donors (Lipinski definition) is 2. The number of nitrogens with two attached hydrogens (primary N) is 1. The number of aromatic nitrogens is 3. The fourth-order valence-corrected chi connectivity index (χ4v) is 1.92. The molecule has 0 aliphatic carbocycles. The molecular weight excluding hydrogens is 272 g/mol. The van der Waals surface area contributed by atoms with E-state index in [1.165, 1.54) is 12.4 Å². The Balaban J connectivity index is 2.17. The van der Waals surface area contributed by atoms with Crippen LogP contribution in [0.15, 0.2) is 24.5 Å². The van der Waals surface area contributed by atoms with Crippen LogP contribution in [0.4, 0.5) is 5.69 Å². The first-order chi connectivity index (χ1) is 9.99. The van der Waals surface area contributed by atoms with E-state index in [-0.39, 0.29) is 23.6 Å². The quantitative estimate of drug-likeness (QED) is 0.786. The van der Waals surface area contributed by atoms with Crippen molar-refractivity contribution in [1.29, 1.82) is 0 Å². The van der Waals surface area contributed by atoms with E-state index in [1.807, 2.05) is 0 Å². The van der Waals surface area contributed by atoms with Crippen molar-refractivity contribution in [1.82, 2.24) is 14.8 Å². The third-order valence-electron chi connectivity index (χ3n) is 2.86. The summed E-state index contributed by atoms with van der Waals surface area (Å²) >= 11 is 0. The van der Waals surface area contributed by atoms with Gasteiger partial charge >= 0.3 is 5.97 Å². The molecule has 0 bridgehead atoms. The van der Waals surface area contributed by atoms with Gasteiger partial charge in [-0.15, -0.1) is 0 Å². The van der Waals surface area contributed by atoms with E-state index in [0.29, 0.717) is 11.7 Å². The van der Waals surface area contributed by atoms with Crippen LogP contribution in [0.25, 0.3) is 0 Å². The van der Waals surface area contributed by atoms with Gasteiger partial charge in [0.1, 0.15) is 18.5 Å². The number of nitrogen functional groups attached to an aromatic ring is 1. The van der Waals surface area contributed by atoms with Gasteiger partial charge in [-0.05, 0) is 18.1 Å². The fraction of sp³-hybridized carbons (Fsp3) is 0.357. The van der Waals surface area contributed by atoms with Crippen LogP contribution >= 0.6 is 0 Å². The normalized spacial score (nSPS) is 10.8. The van der Waals surface area contributed by atoms with Crippen LogP contribution in [0.2, 0.25) is 0 Å². The molecule has 0 saturated heterocycles. The predicted octanol–water partition coefficient (Wildman–Crippen LogP) is 1.79. The molecule has 0 unspecified atom stereocenters. The zero-order valence-corrected chi connectivity index (χ0v) is 12.0. The minimum absolute atomic E-state index is 0.0323. The number of hydrogen-bond acceptors (Lipinski definition) is 5. The highest BCUT2D eigenvalue weighted by Gasteiger charge is 2.15. The summed E-state index contributed by atoms with van der Waals surface area (Å²) in [5.74, 6) is 0.121. The molecule has 0 spiro atoms. The molecule has 0 aliphatic rings. The Morgan fingerprint density at radius 2 is 2.24 bits per heavy atom. The van der Waals surface area contributed by atoms with E-state index in [0.717, 1.165) is 6.54 Å². The van der Waals surface area contributed by atoms with Crippen molar-refractivity contribution in [2.24, 2.45) is 5.92 Å². The van der Waals surface area contributed by atoms with Gasteiger partial charge in [-0.25, -0.2) is 14.5 Å². The summed E-state index contributed by atoms with van der Waals surface area (Å²) in [7, 11) is 0. The number of carbonyl (C=O) groups is 1. The summed E-state index contributed by atoms with van der Waals surface area (Å²) in [6, 6.07) is 4.63. The van der Waals surface area contributed by atoms with Crippen LogP contribution in [0.5, 0.6) is 5.75 Å². The number of carboxylic acid groups (broad SMARTS) is 1. The summed E-state index contributed by atoms with van der Waals surface area (Å²) in [5, 5.41) is 13.3. The highest BCUT2D eigenvalue weighted by Crippen LogP contribution is 2.27. The number of para-hydroxylation sites is 1. The Morgan fingerprint density at radius 1 is 1.48 bits per heavy atom. The smallest absolute Gasteiger partial charge is 0.339 e. The molecule has 0 atom stereocenters. The Hall–Kier alpha value is -2.57. The largest absolute Gasteiger partial charge is 0.483 e. The Bertz CT molecular complexity index is 637. The van der Waals surface area contributed by atoms with Crippen molar-refractivity contribution >= 4 is 11.7 Å². The summed E-state index contributed by atoms with van der Waals surface area (Å²) in [4.78, 5) is 15.3. The lowest BCUT2D eigenvalue weighted by Gasteiger charge is -2.12. The lowest BCUT2D eigenvalue weighted by atomic mass is 10.2. The van der Waals surface area contributed by atoms with Crippen LogP contribution in [-0.2, 0) is 13.2 Å². The van der Waals surface area contributed by atoms with Gasteiger partial charge in [-0.1, -0.05) is 19.9 Å². The number of rotatable bonds is 6. The zero-order chi connectivity index (χ0) is 15.4. The Morgan fingerprint density at radius 3 is 2.90 bits per heavy atom. The van der Waals surface area contributed by atoms with Crippen LogP contribution in [0.1, 0.15) is 30.0 Å². The van der Waals surface area contributed by atoms with E-state index >= 15 is 0 Å². The highest BCUT2D eigenvalue weighted by molar-refractivity contribution is 5.93. The lowest BCUT2D eigenvalue weighted by molar-refractivity contribution is 0.0691. The maximum absolute atomic E-state index is 11.2.